The van der Waals surface area contributed by atoms with E-state index >= 15 is 0 Å². The summed E-state index contributed by atoms with van der Waals surface area (Å²) in [7, 11) is 0. The molecule has 2 N–H and O–H groups in total. The quantitative estimate of drug-likeness (QED) is 0.865. The second kappa shape index (κ2) is 7.94. The molecule has 0 atom stereocenters. The van der Waals surface area contributed by atoms with Crippen LogP contribution in [0, 0.1) is 6.92 Å². The number of carbonyl (C=O) groups excluding carboxylic acids is 2. The molecule has 1 aromatic heterocycles. The van der Waals surface area contributed by atoms with E-state index in [1.807, 2.05) is 30.3 Å². The van der Waals surface area contributed by atoms with E-state index in [9.17, 15) is 9.59 Å². The minimum atomic E-state index is -0.211. The van der Waals surface area contributed by atoms with Crippen LogP contribution >= 0.6 is 0 Å². The molecule has 1 saturated heterocycles. The Kier molecular flexibility index (Phi) is 5.45. The third-order valence-corrected chi connectivity index (χ3v) is 4.21. The van der Waals surface area contributed by atoms with Gasteiger partial charge in [0.25, 0.3) is 5.91 Å². The number of hydrogen-bond acceptors (Lipinski definition) is 5. The van der Waals surface area contributed by atoms with Gasteiger partial charge in [0.2, 0.25) is 5.91 Å². The second-order valence-corrected chi connectivity index (χ2v) is 6.26. The summed E-state index contributed by atoms with van der Waals surface area (Å²) in [4.78, 5) is 26.3. The molecule has 1 fully saturated rings. The Labute approximate surface area is 146 Å². The van der Waals surface area contributed by atoms with E-state index < -0.39 is 0 Å². The van der Waals surface area contributed by atoms with Gasteiger partial charge in [-0.05, 0) is 31.9 Å². The predicted molar refractivity (Wildman–Crippen MR) is 93.2 cm³/mol. The highest BCUT2D eigenvalue weighted by Gasteiger charge is 2.23. The van der Waals surface area contributed by atoms with Gasteiger partial charge in [0.15, 0.2) is 5.69 Å². The van der Waals surface area contributed by atoms with E-state index in [1.54, 1.807) is 13.0 Å². The fraction of sp³-hybridized carbons (Fsp3) is 0.389. The van der Waals surface area contributed by atoms with Crippen molar-refractivity contribution in [3.63, 3.8) is 0 Å². The van der Waals surface area contributed by atoms with E-state index in [0.717, 1.165) is 31.6 Å². The molecule has 25 heavy (non-hydrogen) atoms. The molecule has 3 rings (SSSR count). The molecule has 2 aromatic rings. The zero-order valence-corrected chi connectivity index (χ0v) is 14.2. The van der Waals surface area contributed by atoms with Crippen molar-refractivity contribution in [3.05, 3.63) is 47.9 Å². The van der Waals surface area contributed by atoms with Crippen molar-refractivity contribution in [3.8, 4) is 0 Å². The highest BCUT2D eigenvalue weighted by atomic mass is 16.5. The van der Waals surface area contributed by atoms with Crippen LogP contribution < -0.4 is 10.6 Å². The molecule has 1 aliphatic heterocycles. The number of nitrogens with zero attached hydrogens (tertiary/aromatic N) is 2. The lowest BCUT2D eigenvalue weighted by Crippen LogP contribution is -2.46. The van der Waals surface area contributed by atoms with Crippen molar-refractivity contribution in [2.75, 3.05) is 25.0 Å². The summed E-state index contributed by atoms with van der Waals surface area (Å²) in [5, 5.41) is 9.59. The molecular weight excluding hydrogens is 320 g/mol. The number of likely N-dealkylation sites (tertiary alicyclic amines) is 1. The molecule has 0 unspecified atom stereocenters. The maximum Gasteiger partial charge on any atom is 0.273 e. The van der Waals surface area contributed by atoms with Crippen LogP contribution in [-0.4, -0.2) is 47.5 Å². The van der Waals surface area contributed by atoms with Gasteiger partial charge in [0.05, 0.1) is 6.54 Å². The van der Waals surface area contributed by atoms with Crippen molar-refractivity contribution in [2.24, 2.45) is 0 Å². The summed E-state index contributed by atoms with van der Waals surface area (Å²) in [6.45, 7) is 3.65. The number of aryl methyl sites for hydroxylation is 1. The van der Waals surface area contributed by atoms with E-state index in [1.165, 1.54) is 0 Å². The van der Waals surface area contributed by atoms with E-state index in [2.05, 4.69) is 20.7 Å². The first-order valence-corrected chi connectivity index (χ1v) is 8.41. The van der Waals surface area contributed by atoms with Gasteiger partial charge in [0, 0.05) is 30.9 Å². The molecule has 0 radical (unpaired) electrons. The molecule has 132 valence electrons. The Bertz CT molecular complexity index is 721. The maximum absolute atomic E-state index is 12.1. The Balaban J connectivity index is 1.41. The first-order valence-electron chi connectivity index (χ1n) is 8.41. The summed E-state index contributed by atoms with van der Waals surface area (Å²) in [6.07, 6.45) is 1.61. The number of anilines is 1. The van der Waals surface area contributed by atoms with Gasteiger partial charge >= 0.3 is 0 Å². The molecule has 7 nitrogen and oxygen atoms in total. The monoisotopic (exact) mass is 342 g/mol. The lowest BCUT2D eigenvalue weighted by molar-refractivity contribution is -0.117. The minimum Gasteiger partial charge on any atom is -0.361 e. The van der Waals surface area contributed by atoms with Gasteiger partial charge in [-0.3, -0.25) is 14.5 Å². The standard InChI is InChI=1S/C18H22N4O3/c1-13-11-16(21-25-13)18(24)20-15-7-9-22(10-8-15)12-17(23)19-14-5-3-2-4-6-14/h2-6,11,15H,7-10,12H2,1H3,(H,19,23)(H,20,24). The molecule has 0 bridgehead atoms. The number of benzene rings is 1. The topological polar surface area (TPSA) is 87.5 Å². The Morgan fingerprint density at radius 2 is 1.96 bits per heavy atom. The van der Waals surface area contributed by atoms with Crippen molar-refractivity contribution in [1.29, 1.82) is 0 Å². The second-order valence-electron chi connectivity index (χ2n) is 6.26. The minimum absolute atomic E-state index is 0.0215. The highest BCUT2D eigenvalue weighted by molar-refractivity contribution is 5.92. The lowest BCUT2D eigenvalue weighted by Gasteiger charge is -2.31. The van der Waals surface area contributed by atoms with Crippen LogP contribution in [0.1, 0.15) is 29.1 Å². The SMILES string of the molecule is Cc1cc(C(=O)NC2CCN(CC(=O)Nc3ccccc3)CC2)no1. The third kappa shape index (κ3) is 4.90. The summed E-state index contributed by atoms with van der Waals surface area (Å²) in [6, 6.07) is 11.1. The molecule has 0 saturated carbocycles. The largest absolute Gasteiger partial charge is 0.361 e. The highest BCUT2D eigenvalue weighted by Crippen LogP contribution is 2.12. The fourth-order valence-corrected chi connectivity index (χ4v) is 2.89. The molecular formula is C18H22N4O3. The van der Waals surface area contributed by atoms with Crippen molar-refractivity contribution in [2.45, 2.75) is 25.8 Å². The van der Waals surface area contributed by atoms with Gasteiger partial charge in [-0.2, -0.15) is 0 Å². The van der Waals surface area contributed by atoms with E-state index in [0.29, 0.717) is 18.0 Å². The van der Waals surface area contributed by atoms with Gasteiger partial charge in [-0.15, -0.1) is 0 Å². The average Bonchev–Trinajstić information content (AvgIpc) is 3.04. The van der Waals surface area contributed by atoms with E-state index in [-0.39, 0.29) is 17.9 Å². The van der Waals surface area contributed by atoms with Crippen molar-refractivity contribution in [1.82, 2.24) is 15.4 Å². The Morgan fingerprint density at radius 1 is 1.24 bits per heavy atom. The third-order valence-electron chi connectivity index (χ3n) is 4.21. The molecule has 0 spiro atoms. The Hall–Kier alpha value is -2.67. The number of para-hydroxylation sites is 1. The summed E-state index contributed by atoms with van der Waals surface area (Å²) >= 11 is 0. The molecule has 7 heteroatoms. The van der Waals surface area contributed by atoms with Gasteiger partial charge in [-0.25, -0.2) is 0 Å². The van der Waals surface area contributed by atoms with Crippen LogP contribution in [0.25, 0.3) is 0 Å². The number of amides is 2. The summed E-state index contributed by atoms with van der Waals surface area (Å²) in [5.74, 6) is 0.383. The average molecular weight is 342 g/mol. The molecule has 1 aromatic carbocycles. The number of aromatic nitrogens is 1. The maximum atomic E-state index is 12.1. The van der Waals surface area contributed by atoms with E-state index in [4.69, 9.17) is 4.52 Å². The molecule has 1 aliphatic rings. The summed E-state index contributed by atoms with van der Waals surface area (Å²) < 4.78 is 4.92. The number of piperidine rings is 1. The van der Waals surface area contributed by atoms with Crippen LogP contribution in [0.3, 0.4) is 0 Å². The van der Waals surface area contributed by atoms with Crippen LogP contribution in [0.2, 0.25) is 0 Å². The van der Waals surface area contributed by atoms with Crippen LogP contribution in [0.5, 0.6) is 0 Å². The molecule has 2 heterocycles. The predicted octanol–water partition coefficient (Wildman–Crippen LogP) is 1.82. The van der Waals surface area contributed by atoms with Crippen molar-refractivity contribution < 1.29 is 14.1 Å². The number of rotatable bonds is 5. The number of nitrogens with one attached hydrogen (secondary N) is 2. The van der Waals surface area contributed by atoms with Crippen LogP contribution in [-0.2, 0) is 4.79 Å². The first kappa shape index (κ1) is 17.2. The fourth-order valence-electron chi connectivity index (χ4n) is 2.89. The smallest absolute Gasteiger partial charge is 0.273 e. The zero-order chi connectivity index (χ0) is 17.6. The molecule has 2 amide bonds. The number of carbonyl (C=O) groups is 2. The van der Waals surface area contributed by atoms with Gasteiger partial charge in [-0.1, -0.05) is 23.4 Å². The van der Waals surface area contributed by atoms with Crippen molar-refractivity contribution >= 4 is 17.5 Å². The van der Waals surface area contributed by atoms with Crippen LogP contribution in [0.4, 0.5) is 5.69 Å². The number of hydrogen-bond donors (Lipinski definition) is 2. The Morgan fingerprint density at radius 3 is 2.60 bits per heavy atom. The lowest BCUT2D eigenvalue weighted by atomic mass is 10.0. The van der Waals surface area contributed by atoms with Gasteiger partial charge in [0.1, 0.15) is 5.76 Å². The normalized spacial score (nSPS) is 15.7. The van der Waals surface area contributed by atoms with Gasteiger partial charge < -0.3 is 15.2 Å². The molecule has 0 aliphatic carbocycles. The summed E-state index contributed by atoms with van der Waals surface area (Å²) in [5.41, 5.74) is 1.11. The first-order chi connectivity index (χ1) is 12.1. The van der Waals surface area contributed by atoms with Crippen LogP contribution in [0.15, 0.2) is 40.9 Å². The zero-order valence-electron chi connectivity index (χ0n) is 14.2.